The topological polar surface area (TPSA) is 87.8 Å². The van der Waals surface area contributed by atoms with E-state index in [1.54, 1.807) is 10.9 Å². The smallest absolute Gasteiger partial charge is 0.261 e. The van der Waals surface area contributed by atoms with Crippen molar-refractivity contribution in [3.8, 4) is 6.07 Å². The minimum atomic E-state index is -3.65. The Labute approximate surface area is 111 Å². The number of nitrogens with one attached hydrogen (secondary N) is 1. The number of aromatic nitrogens is 2. The van der Waals surface area contributed by atoms with Gasteiger partial charge >= 0.3 is 0 Å². The average molecular weight is 276 g/mol. The highest BCUT2D eigenvalue weighted by Crippen LogP contribution is 2.15. The Morgan fingerprint density at radius 1 is 1.37 bits per heavy atom. The molecule has 2 rings (SSSR count). The fourth-order valence-electron chi connectivity index (χ4n) is 1.51. The summed E-state index contributed by atoms with van der Waals surface area (Å²) in [4.78, 5) is 0.107. The van der Waals surface area contributed by atoms with Crippen LogP contribution in [0.3, 0.4) is 0 Å². The van der Waals surface area contributed by atoms with Crippen molar-refractivity contribution < 1.29 is 8.42 Å². The molecule has 0 amide bonds. The van der Waals surface area contributed by atoms with Crippen LogP contribution in [0, 0.1) is 11.3 Å². The number of hydrogen-bond acceptors (Lipinski definition) is 4. The number of nitrogens with zero attached hydrogens (tertiary/aromatic N) is 3. The number of aryl methyl sites for hydroxylation is 1. The lowest BCUT2D eigenvalue weighted by molar-refractivity contribution is 0.601. The van der Waals surface area contributed by atoms with Crippen LogP contribution in [0.1, 0.15) is 12.5 Å². The molecule has 2 aromatic rings. The Balaban J connectivity index is 2.24. The van der Waals surface area contributed by atoms with Gasteiger partial charge in [0.05, 0.1) is 28.4 Å². The highest BCUT2D eigenvalue weighted by molar-refractivity contribution is 7.92. The average Bonchev–Trinajstić information content (AvgIpc) is 2.85. The van der Waals surface area contributed by atoms with E-state index < -0.39 is 10.0 Å². The van der Waals surface area contributed by atoms with Gasteiger partial charge in [0, 0.05) is 12.7 Å². The van der Waals surface area contributed by atoms with Crippen molar-refractivity contribution in [2.24, 2.45) is 0 Å². The van der Waals surface area contributed by atoms with Gasteiger partial charge in [0.25, 0.3) is 10.0 Å². The third kappa shape index (κ3) is 2.92. The number of benzene rings is 1. The number of anilines is 1. The van der Waals surface area contributed by atoms with Crippen LogP contribution in [0.4, 0.5) is 5.69 Å². The van der Waals surface area contributed by atoms with Gasteiger partial charge in [-0.2, -0.15) is 10.4 Å². The first-order valence-electron chi connectivity index (χ1n) is 5.60. The molecule has 6 nitrogen and oxygen atoms in total. The van der Waals surface area contributed by atoms with Crippen molar-refractivity contribution in [3.63, 3.8) is 0 Å². The van der Waals surface area contributed by atoms with E-state index in [-0.39, 0.29) is 4.90 Å². The summed E-state index contributed by atoms with van der Waals surface area (Å²) in [6, 6.07) is 7.65. The van der Waals surface area contributed by atoms with Crippen LogP contribution in [-0.2, 0) is 16.6 Å². The second-order valence-electron chi connectivity index (χ2n) is 3.83. The maximum absolute atomic E-state index is 12.1. The first-order chi connectivity index (χ1) is 9.05. The van der Waals surface area contributed by atoms with E-state index in [0.717, 1.165) is 0 Å². The van der Waals surface area contributed by atoms with Crippen LogP contribution in [0.15, 0.2) is 41.6 Å². The molecule has 0 saturated carbocycles. The first kappa shape index (κ1) is 13.1. The molecule has 98 valence electrons. The zero-order valence-electron chi connectivity index (χ0n) is 10.2. The molecular formula is C12H12N4O2S. The minimum absolute atomic E-state index is 0.107. The Hall–Kier alpha value is -2.33. The van der Waals surface area contributed by atoms with Crippen LogP contribution in [-0.4, -0.2) is 18.2 Å². The van der Waals surface area contributed by atoms with E-state index >= 15 is 0 Å². The lowest BCUT2D eigenvalue weighted by atomic mass is 10.2. The maximum Gasteiger partial charge on any atom is 0.261 e. The Morgan fingerprint density at radius 3 is 2.58 bits per heavy atom. The molecule has 0 fully saturated rings. The summed E-state index contributed by atoms with van der Waals surface area (Å²) >= 11 is 0. The van der Waals surface area contributed by atoms with Gasteiger partial charge in [0.2, 0.25) is 0 Å². The molecule has 0 atom stereocenters. The molecule has 0 saturated heterocycles. The van der Waals surface area contributed by atoms with Gasteiger partial charge in [0.15, 0.2) is 0 Å². The molecule has 1 N–H and O–H groups in total. The van der Waals surface area contributed by atoms with Gasteiger partial charge in [-0.1, -0.05) is 0 Å². The fourth-order valence-corrected chi connectivity index (χ4v) is 2.54. The Morgan fingerprint density at radius 2 is 2.05 bits per heavy atom. The molecule has 0 bridgehead atoms. The van der Waals surface area contributed by atoms with Crippen molar-refractivity contribution in [1.29, 1.82) is 5.26 Å². The van der Waals surface area contributed by atoms with E-state index in [1.807, 2.05) is 13.0 Å². The Bertz CT molecular complexity index is 711. The molecule has 7 heteroatoms. The highest BCUT2D eigenvalue weighted by Gasteiger charge is 2.14. The van der Waals surface area contributed by atoms with Crippen molar-refractivity contribution in [3.05, 3.63) is 42.2 Å². The Kier molecular flexibility index (Phi) is 3.53. The number of hydrogen-bond donors (Lipinski definition) is 1. The summed E-state index contributed by atoms with van der Waals surface area (Å²) in [6.07, 6.45) is 3.06. The van der Waals surface area contributed by atoms with Crippen LogP contribution in [0.25, 0.3) is 0 Å². The standard InChI is InChI=1S/C12H12N4O2S/c1-2-16-9-11(8-14-16)15-19(17,18)12-5-3-10(7-13)4-6-12/h3-6,8-9,15H,2H2,1H3. The van der Waals surface area contributed by atoms with Gasteiger partial charge in [-0.25, -0.2) is 8.42 Å². The predicted molar refractivity (Wildman–Crippen MR) is 69.9 cm³/mol. The normalized spacial score (nSPS) is 10.9. The second kappa shape index (κ2) is 5.12. The van der Waals surface area contributed by atoms with Crippen molar-refractivity contribution in [2.45, 2.75) is 18.4 Å². The van der Waals surface area contributed by atoms with E-state index in [0.29, 0.717) is 17.8 Å². The zero-order valence-corrected chi connectivity index (χ0v) is 11.1. The summed E-state index contributed by atoms with van der Waals surface area (Å²) in [5, 5.41) is 12.7. The lowest BCUT2D eigenvalue weighted by Gasteiger charge is -2.05. The van der Waals surface area contributed by atoms with Gasteiger partial charge in [-0.3, -0.25) is 9.40 Å². The van der Waals surface area contributed by atoms with Gasteiger partial charge < -0.3 is 0 Å². The van der Waals surface area contributed by atoms with Crippen LogP contribution in [0.2, 0.25) is 0 Å². The summed E-state index contributed by atoms with van der Waals surface area (Å²) in [5.74, 6) is 0. The molecular weight excluding hydrogens is 264 g/mol. The van der Waals surface area contributed by atoms with E-state index in [2.05, 4.69) is 9.82 Å². The number of sulfonamides is 1. The highest BCUT2D eigenvalue weighted by atomic mass is 32.2. The van der Waals surface area contributed by atoms with Crippen molar-refractivity contribution in [1.82, 2.24) is 9.78 Å². The fraction of sp³-hybridized carbons (Fsp3) is 0.167. The first-order valence-corrected chi connectivity index (χ1v) is 7.09. The zero-order chi connectivity index (χ0) is 13.9. The lowest BCUT2D eigenvalue weighted by Crippen LogP contribution is -2.12. The molecule has 0 aliphatic carbocycles. The molecule has 0 radical (unpaired) electrons. The molecule has 1 aromatic heterocycles. The number of nitriles is 1. The maximum atomic E-state index is 12.1. The van der Waals surface area contributed by atoms with Gasteiger partial charge in [-0.05, 0) is 31.2 Å². The monoisotopic (exact) mass is 276 g/mol. The SMILES string of the molecule is CCn1cc(NS(=O)(=O)c2ccc(C#N)cc2)cn1. The molecule has 0 aliphatic rings. The molecule has 0 aliphatic heterocycles. The molecule has 19 heavy (non-hydrogen) atoms. The van der Waals surface area contributed by atoms with Crippen LogP contribution >= 0.6 is 0 Å². The third-order valence-corrected chi connectivity index (χ3v) is 3.90. The second-order valence-corrected chi connectivity index (χ2v) is 5.51. The molecule has 1 heterocycles. The molecule has 1 aromatic carbocycles. The summed E-state index contributed by atoms with van der Waals surface area (Å²) < 4.78 is 28.2. The van der Waals surface area contributed by atoms with Gasteiger partial charge in [0.1, 0.15) is 0 Å². The van der Waals surface area contributed by atoms with E-state index in [1.165, 1.54) is 30.5 Å². The van der Waals surface area contributed by atoms with E-state index in [9.17, 15) is 8.42 Å². The minimum Gasteiger partial charge on any atom is -0.276 e. The van der Waals surface area contributed by atoms with Crippen molar-refractivity contribution >= 4 is 15.7 Å². The van der Waals surface area contributed by atoms with Crippen LogP contribution < -0.4 is 4.72 Å². The quantitative estimate of drug-likeness (QED) is 0.918. The molecule has 0 spiro atoms. The van der Waals surface area contributed by atoms with Gasteiger partial charge in [-0.15, -0.1) is 0 Å². The summed E-state index contributed by atoms with van der Waals surface area (Å²) in [6.45, 7) is 2.57. The summed E-state index contributed by atoms with van der Waals surface area (Å²) in [5.41, 5.74) is 0.823. The van der Waals surface area contributed by atoms with E-state index in [4.69, 9.17) is 5.26 Å². The largest absolute Gasteiger partial charge is 0.276 e. The predicted octanol–water partition coefficient (Wildman–Crippen LogP) is 1.58. The van der Waals surface area contributed by atoms with Crippen molar-refractivity contribution in [2.75, 3.05) is 4.72 Å². The molecule has 0 unspecified atom stereocenters. The van der Waals surface area contributed by atoms with Crippen LogP contribution in [0.5, 0.6) is 0 Å². The third-order valence-electron chi connectivity index (χ3n) is 2.50. The summed E-state index contributed by atoms with van der Waals surface area (Å²) in [7, 11) is -3.65. The number of rotatable bonds is 4.